The van der Waals surface area contributed by atoms with Crippen molar-refractivity contribution in [1.29, 1.82) is 0 Å². The maximum atomic E-state index is 12.1. The Kier molecular flexibility index (Phi) is 3.78. The number of likely N-dealkylation sites (N-methyl/N-ethyl adjacent to an activating group) is 1. The lowest BCUT2D eigenvalue weighted by Gasteiger charge is -2.26. The van der Waals surface area contributed by atoms with Gasteiger partial charge in [-0.2, -0.15) is 0 Å². The lowest BCUT2D eigenvalue weighted by Crippen LogP contribution is -2.39. The van der Waals surface area contributed by atoms with Gasteiger partial charge in [-0.05, 0) is 32.9 Å². The van der Waals surface area contributed by atoms with E-state index in [-0.39, 0.29) is 18.2 Å². The van der Waals surface area contributed by atoms with Gasteiger partial charge in [0.1, 0.15) is 5.75 Å². The molecule has 2 N–H and O–H groups in total. The van der Waals surface area contributed by atoms with Gasteiger partial charge in [0.2, 0.25) is 0 Å². The number of aromatic hydroxyl groups is 1. The molecule has 17 heavy (non-hydrogen) atoms. The molecule has 0 saturated heterocycles. The largest absolute Gasteiger partial charge is 0.508 e. The van der Waals surface area contributed by atoms with E-state index in [1.807, 2.05) is 0 Å². The second-order valence-electron chi connectivity index (χ2n) is 4.92. The van der Waals surface area contributed by atoms with Crippen LogP contribution in [-0.4, -0.2) is 40.2 Å². The average molecular weight is 237 g/mol. The lowest BCUT2D eigenvalue weighted by atomic mass is 10.1. The molecule has 4 heteroatoms. The van der Waals surface area contributed by atoms with Crippen LogP contribution in [0.5, 0.6) is 5.75 Å². The number of rotatable bonds is 3. The van der Waals surface area contributed by atoms with Crippen molar-refractivity contribution in [2.75, 3.05) is 13.6 Å². The van der Waals surface area contributed by atoms with E-state index < -0.39 is 5.60 Å². The lowest BCUT2D eigenvalue weighted by molar-refractivity contribution is 0.0367. The molecule has 0 aliphatic carbocycles. The summed E-state index contributed by atoms with van der Waals surface area (Å²) in [4.78, 5) is 13.5. The molecule has 0 radical (unpaired) electrons. The zero-order valence-electron chi connectivity index (χ0n) is 10.7. The van der Waals surface area contributed by atoms with Crippen LogP contribution in [0.15, 0.2) is 18.2 Å². The van der Waals surface area contributed by atoms with E-state index >= 15 is 0 Å². The number of amides is 1. The predicted molar refractivity (Wildman–Crippen MR) is 66.1 cm³/mol. The number of nitrogens with zero attached hydrogens (tertiary/aromatic N) is 1. The first-order chi connectivity index (χ1) is 7.72. The summed E-state index contributed by atoms with van der Waals surface area (Å²) in [7, 11) is 1.63. The van der Waals surface area contributed by atoms with E-state index in [4.69, 9.17) is 0 Å². The monoisotopic (exact) mass is 237 g/mol. The van der Waals surface area contributed by atoms with Crippen LogP contribution in [0.4, 0.5) is 0 Å². The summed E-state index contributed by atoms with van der Waals surface area (Å²) in [6.07, 6.45) is 0. The fourth-order valence-electron chi connectivity index (χ4n) is 1.71. The van der Waals surface area contributed by atoms with Gasteiger partial charge in [-0.3, -0.25) is 4.79 Å². The number of phenolic OH excluding ortho intramolecular Hbond substituents is 1. The van der Waals surface area contributed by atoms with Crippen molar-refractivity contribution in [2.24, 2.45) is 0 Å². The highest BCUT2D eigenvalue weighted by Crippen LogP contribution is 2.21. The topological polar surface area (TPSA) is 60.8 Å². The summed E-state index contributed by atoms with van der Waals surface area (Å²) < 4.78 is 0. The molecule has 0 heterocycles. The quantitative estimate of drug-likeness (QED) is 0.838. The molecule has 1 rings (SSSR count). The number of hydrogen-bond donors (Lipinski definition) is 2. The number of phenols is 1. The van der Waals surface area contributed by atoms with Crippen molar-refractivity contribution in [1.82, 2.24) is 4.90 Å². The molecule has 0 aromatic heterocycles. The first kappa shape index (κ1) is 13.5. The molecule has 0 fully saturated rings. The summed E-state index contributed by atoms with van der Waals surface area (Å²) in [6, 6.07) is 4.84. The van der Waals surface area contributed by atoms with E-state index in [1.54, 1.807) is 46.0 Å². The van der Waals surface area contributed by atoms with Gasteiger partial charge in [-0.15, -0.1) is 0 Å². The van der Waals surface area contributed by atoms with E-state index in [0.29, 0.717) is 11.1 Å². The molecule has 1 amide bonds. The van der Waals surface area contributed by atoms with Crippen molar-refractivity contribution in [2.45, 2.75) is 26.4 Å². The van der Waals surface area contributed by atoms with Crippen LogP contribution in [-0.2, 0) is 0 Å². The standard InChI is InChI=1S/C13H19NO3/c1-9-10(6-5-7-11(9)15)12(16)14(4)8-13(2,3)17/h5-7,15,17H,8H2,1-4H3. The zero-order valence-corrected chi connectivity index (χ0v) is 10.7. The third-order valence-electron chi connectivity index (χ3n) is 2.51. The van der Waals surface area contributed by atoms with Gasteiger partial charge < -0.3 is 15.1 Å². The molecule has 0 aliphatic heterocycles. The molecule has 0 spiro atoms. The molecular formula is C13H19NO3. The van der Waals surface area contributed by atoms with Gasteiger partial charge in [-0.25, -0.2) is 0 Å². The highest BCUT2D eigenvalue weighted by atomic mass is 16.3. The first-order valence-electron chi connectivity index (χ1n) is 5.49. The minimum absolute atomic E-state index is 0.104. The third-order valence-corrected chi connectivity index (χ3v) is 2.51. The van der Waals surface area contributed by atoms with Crippen LogP contribution < -0.4 is 0 Å². The summed E-state index contributed by atoms with van der Waals surface area (Å²) in [6.45, 7) is 5.22. The van der Waals surface area contributed by atoms with Gasteiger partial charge in [0, 0.05) is 24.7 Å². The third kappa shape index (κ3) is 3.46. The Balaban J connectivity index is 2.93. The highest BCUT2D eigenvalue weighted by Gasteiger charge is 2.21. The molecule has 0 unspecified atom stereocenters. The number of carbonyl (C=O) groups excluding carboxylic acids is 1. The summed E-state index contributed by atoms with van der Waals surface area (Å²) in [5.41, 5.74) is 0.0756. The van der Waals surface area contributed by atoms with E-state index in [1.165, 1.54) is 4.90 Å². The average Bonchev–Trinajstić information content (AvgIpc) is 2.18. The van der Waals surface area contributed by atoms with Crippen molar-refractivity contribution < 1.29 is 15.0 Å². The molecule has 0 saturated carbocycles. The van der Waals surface area contributed by atoms with Crippen LogP contribution in [0.25, 0.3) is 0 Å². The van der Waals surface area contributed by atoms with Gasteiger partial charge in [0.25, 0.3) is 5.91 Å². The van der Waals surface area contributed by atoms with E-state index in [0.717, 1.165) is 0 Å². The molecule has 4 nitrogen and oxygen atoms in total. The number of aliphatic hydroxyl groups is 1. The normalized spacial score (nSPS) is 11.4. The molecule has 0 aliphatic rings. The van der Waals surface area contributed by atoms with Crippen LogP contribution in [0.1, 0.15) is 29.8 Å². The van der Waals surface area contributed by atoms with Gasteiger partial charge >= 0.3 is 0 Å². The minimum Gasteiger partial charge on any atom is -0.508 e. The zero-order chi connectivity index (χ0) is 13.2. The Morgan fingerprint density at radius 1 is 1.41 bits per heavy atom. The van der Waals surface area contributed by atoms with Crippen molar-refractivity contribution in [3.05, 3.63) is 29.3 Å². The fourth-order valence-corrected chi connectivity index (χ4v) is 1.71. The maximum absolute atomic E-state index is 12.1. The molecule has 0 atom stereocenters. The van der Waals surface area contributed by atoms with Crippen molar-refractivity contribution >= 4 is 5.91 Å². The molecule has 0 bridgehead atoms. The smallest absolute Gasteiger partial charge is 0.254 e. The van der Waals surface area contributed by atoms with Crippen LogP contribution in [0.2, 0.25) is 0 Å². The minimum atomic E-state index is -0.935. The SMILES string of the molecule is Cc1c(O)cccc1C(=O)N(C)CC(C)(C)O. The van der Waals surface area contributed by atoms with E-state index in [9.17, 15) is 15.0 Å². The fraction of sp³-hybridized carbons (Fsp3) is 0.462. The molecule has 1 aromatic rings. The Labute approximate surface area is 101 Å². The van der Waals surface area contributed by atoms with Gasteiger partial charge in [0.05, 0.1) is 5.60 Å². The molecular weight excluding hydrogens is 218 g/mol. The Morgan fingerprint density at radius 2 is 2.00 bits per heavy atom. The Hall–Kier alpha value is -1.55. The van der Waals surface area contributed by atoms with Gasteiger partial charge in [0.15, 0.2) is 0 Å². The number of benzene rings is 1. The Bertz CT molecular complexity index is 421. The summed E-state index contributed by atoms with van der Waals surface area (Å²) >= 11 is 0. The van der Waals surface area contributed by atoms with Crippen LogP contribution >= 0.6 is 0 Å². The highest BCUT2D eigenvalue weighted by molar-refractivity contribution is 5.96. The second-order valence-corrected chi connectivity index (χ2v) is 4.92. The van der Waals surface area contributed by atoms with Gasteiger partial charge in [-0.1, -0.05) is 6.07 Å². The predicted octanol–water partition coefficient (Wildman–Crippen LogP) is 1.54. The molecule has 94 valence electrons. The summed E-state index contributed by atoms with van der Waals surface area (Å²) in [5, 5.41) is 19.2. The van der Waals surface area contributed by atoms with Crippen LogP contribution in [0.3, 0.4) is 0 Å². The first-order valence-corrected chi connectivity index (χ1v) is 5.49. The Morgan fingerprint density at radius 3 is 2.53 bits per heavy atom. The summed E-state index contributed by atoms with van der Waals surface area (Å²) in [5.74, 6) is -0.104. The van der Waals surface area contributed by atoms with E-state index in [2.05, 4.69) is 0 Å². The number of hydrogen-bond acceptors (Lipinski definition) is 3. The van der Waals surface area contributed by atoms with Crippen molar-refractivity contribution in [3.63, 3.8) is 0 Å². The maximum Gasteiger partial charge on any atom is 0.254 e. The second kappa shape index (κ2) is 4.75. The number of carbonyl (C=O) groups is 1. The van der Waals surface area contributed by atoms with Crippen molar-refractivity contribution in [3.8, 4) is 5.75 Å². The van der Waals surface area contributed by atoms with Crippen LogP contribution in [0, 0.1) is 6.92 Å². The molecule has 1 aromatic carbocycles.